The summed E-state index contributed by atoms with van der Waals surface area (Å²) in [6, 6.07) is 4.26. The fourth-order valence-electron chi connectivity index (χ4n) is 3.08. The second-order valence-electron chi connectivity index (χ2n) is 5.87. The first kappa shape index (κ1) is 14.3. The quantitative estimate of drug-likeness (QED) is 0.752. The standard InChI is InChI=1S/C19H19N3S/c1-14-17-4-8-20-19(17)21-12-18(14)22-9-5-15(6-10-22)2-3-16-7-11-23-13-16/h2-5,7-8,11-13H,6,9-10H2,1H3,(H,20,21). The molecule has 0 amide bonds. The summed E-state index contributed by atoms with van der Waals surface area (Å²) in [5.41, 5.74) is 6.23. The third kappa shape index (κ3) is 2.82. The Hall–Kier alpha value is -2.33. The van der Waals surface area contributed by atoms with Gasteiger partial charge in [0.1, 0.15) is 5.65 Å². The van der Waals surface area contributed by atoms with Crippen LogP contribution in [0.15, 0.2) is 53.0 Å². The monoisotopic (exact) mass is 321 g/mol. The number of nitrogens with zero attached hydrogens (tertiary/aromatic N) is 2. The highest BCUT2D eigenvalue weighted by Crippen LogP contribution is 2.28. The van der Waals surface area contributed by atoms with Crippen LogP contribution in [0.4, 0.5) is 5.69 Å². The largest absolute Gasteiger partial charge is 0.366 e. The van der Waals surface area contributed by atoms with E-state index in [1.54, 1.807) is 11.3 Å². The van der Waals surface area contributed by atoms with Crippen LogP contribution >= 0.6 is 11.3 Å². The first-order valence-electron chi connectivity index (χ1n) is 7.88. The van der Waals surface area contributed by atoms with Crippen LogP contribution in [0, 0.1) is 6.92 Å². The van der Waals surface area contributed by atoms with Crippen molar-refractivity contribution in [2.45, 2.75) is 13.3 Å². The van der Waals surface area contributed by atoms with Crippen molar-refractivity contribution in [1.82, 2.24) is 9.97 Å². The maximum atomic E-state index is 4.54. The van der Waals surface area contributed by atoms with Crippen molar-refractivity contribution in [3.63, 3.8) is 0 Å². The van der Waals surface area contributed by atoms with Crippen LogP contribution in [0.1, 0.15) is 17.5 Å². The Kier molecular flexibility index (Phi) is 3.75. The highest BCUT2D eigenvalue weighted by Gasteiger charge is 2.15. The Morgan fingerprint density at radius 2 is 2.26 bits per heavy atom. The SMILES string of the molecule is Cc1c(N2CC=C(C=Cc3ccsc3)CC2)cnc2[nH]ccc12. The number of pyridine rings is 1. The lowest BCUT2D eigenvalue weighted by molar-refractivity contribution is 0.797. The smallest absolute Gasteiger partial charge is 0.137 e. The molecule has 4 heteroatoms. The molecule has 0 spiro atoms. The van der Waals surface area contributed by atoms with Gasteiger partial charge in [0.2, 0.25) is 0 Å². The van der Waals surface area contributed by atoms with E-state index in [0.717, 1.165) is 25.2 Å². The number of aromatic amines is 1. The molecule has 0 radical (unpaired) electrons. The third-order valence-electron chi connectivity index (χ3n) is 4.45. The second kappa shape index (κ2) is 6.05. The van der Waals surface area contributed by atoms with Gasteiger partial charge in [0, 0.05) is 24.7 Å². The Balaban J connectivity index is 1.52. The summed E-state index contributed by atoms with van der Waals surface area (Å²) < 4.78 is 0. The van der Waals surface area contributed by atoms with Gasteiger partial charge in [-0.1, -0.05) is 18.2 Å². The number of aromatic nitrogens is 2. The molecular weight excluding hydrogens is 302 g/mol. The van der Waals surface area contributed by atoms with Crippen molar-refractivity contribution in [2.75, 3.05) is 18.0 Å². The summed E-state index contributed by atoms with van der Waals surface area (Å²) in [5.74, 6) is 0. The van der Waals surface area contributed by atoms with E-state index in [1.807, 2.05) is 12.4 Å². The minimum Gasteiger partial charge on any atom is -0.366 e. The van der Waals surface area contributed by atoms with Crippen LogP contribution in [0.3, 0.4) is 0 Å². The molecular formula is C19H19N3S. The van der Waals surface area contributed by atoms with Gasteiger partial charge in [-0.2, -0.15) is 11.3 Å². The molecule has 0 saturated carbocycles. The van der Waals surface area contributed by atoms with Crippen LogP contribution in [0.25, 0.3) is 17.1 Å². The highest BCUT2D eigenvalue weighted by atomic mass is 32.1. The Bertz CT molecular complexity index is 871. The molecule has 0 aromatic carbocycles. The van der Waals surface area contributed by atoms with Crippen LogP contribution in [0.5, 0.6) is 0 Å². The van der Waals surface area contributed by atoms with Crippen molar-refractivity contribution in [3.8, 4) is 0 Å². The number of allylic oxidation sites excluding steroid dienone is 1. The number of fused-ring (bicyclic) bond motifs is 1. The first-order chi connectivity index (χ1) is 11.3. The predicted octanol–water partition coefficient (Wildman–Crippen LogP) is 4.78. The predicted molar refractivity (Wildman–Crippen MR) is 99.1 cm³/mol. The first-order valence-corrected chi connectivity index (χ1v) is 8.82. The number of hydrogen-bond donors (Lipinski definition) is 1. The number of H-pyrrole nitrogens is 1. The summed E-state index contributed by atoms with van der Waals surface area (Å²) in [6.45, 7) is 4.17. The van der Waals surface area contributed by atoms with Gasteiger partial charge < -0.3 is 9.88 Å². The molecule has 0 atom stereocenters. The molecule has 1 aliphatic heterocycles. The van der Waals surface area contributed by atoms with Crippen LogP contribution in [-0.2, 0) is 0 Å². The molecule has 116 valence electrons. The van der Waals surface area contributed by atoms with Crippen LogP contribution < -0.4 is 4.90 Å². The zero-order valence-electron chi connectivity index (χ0n) is 13.1. The Morgan fingerprint density at radius 3 is 3.04 bits per heavy atom. The number of aryl methyl sites for hydroxylation is 1. The van der Waals surface area contributed by atoms with Gasteiger partial charge >= 0.3 is 0 Å². The number of thiophene rings is 1. The lowest BCUT2D eigenvalue weighted by Gasteiger charge is -2.29. The van der Waals surface area contributed by atoms with Crippen LogP contribution in [-0.4, -0.2) is 23.1 Å². The zero-order chi connectivity index (χ0) is 15.6. The van der Waals surface area contributed by atoms with E-state index in [1.165, 1.54) is 27.8 Å². The molecule has 0 bridgehead atoms. The summed E-state index contributed by atoms with van der Waals surface area (Å²) in [6.07, 6.45) is 11.8. The molecule has 0 unspecified atom stereocenters. The van der Waals surface area contributed by atoms with Gasteiger partial charge in [0.05, 0.1) is 11.9 Å². The maximum Gasteiger partial charge on any atom is 0.137 e. The molecule has 1 N–H and O–H groups in total. The maximum absolute atomic E-state index is 4.54. The fraction of sp³-hybridized carbons (Fsp3) is 0.211. The zero-order valence-corrected chi connectivity index (χ0v) is 13.9. The van der Waals surface area contributed by atoms with E-state index in [-0.39, 0.29) is 0 Å². The minimum atomic E-state index is 0.946. The van der Waals surface area contributed by atoms with Crippen molar-refractivity contribution in [2.24, 2.45) is 0 Å². The molecule has 23 heavy (non-hydrogen) atoms. The molecule has 4 heterocycles. The van der Waals surface area contributed by atoms with Crippen molar-refractivity contribution in [3.05, 3.63) is 64.1 Å². The van der Waals surface area contributed by atoms with E-state index < -0.39 is 0 Å². The summed E-state index contributed by atoms with van der Waals surface area (Å²) in [7, 11) is 0. The molecule has 0 saturated heterocycles. The van der Waals surface area contributed by atoms with Gasteiger partial charge in [-0.25, -0.2) is 4.98 Å². The van der Waals surface area contributed by atoms with Gasteiger partial charge in [0.15, 0.2) is 0 Å². The van der Waals surface area contributed by atoms with Crippen molar-refractivity contribution < 1.29 is 0 Å². The summed E-state index contributed by atoms with van der Waals surface area (Å²) in [5, 5.41) is 5.51. The average molecular weight is 321 g/mol. The molecule has 3 aromatic heterocycles. The van der Waals surface area contributed by atoms with Gasteiger partial charge in [0.25, 0.3) is 0 Å². The summed E-state index contributed by atoms with van der Waals surface area (Å²) >= 11 is 1.74. The summed E-state index contributed by atoms with van der Waals surface area (Å²) in [4.78, 5) is 10.1. The normalized spacial score (nSPS) is 15.5. The van der Waals surface area contributed by atoms with E-state index in [0.29, 0.717) is 0 Å². The molecule has 3 nitrogen and oxygen atoms in total. The lowest BCUT2D eigenvalue weighted by atomic mass is 10.0. The number of nitrogens with one attached hydrogen (secondary N) is 1. The second-order valence-corrected chi connectivity index (χ2v) is 6.65. The average Bonchev–Trinajstić information content (AvgIpc) is 3.26. The van der Waals surface area contributed by atoms with E-state index in [2.05, 4.69) is 62.9 Å². The Morgan fingerprint density at radius 1 is 1.30 bits per heavy atom. The third-order valence-corrected chi connectivity index (χ3v) is 5.15. The topological polar surface area (TPSA) is 31.9 Å². The fourth-order valence-corrected chi connectivity index (χ4v) is 3.71. The molecule has 3 aromatic rings. The van der Waals surface area contributed by atoms with E-state index >= 15 is 0 Å². The minimum absolute atomic E-state index is 0.946. The lowest BCUT2D eigenvalue weighted by Crippen LogP contribution is -2.29. The van der Waals surface area contributed by atoms with Crippen molar-refractivity contribution >= 4 is 34.1 Å². The van der Waals surface area contributed by atoms with Crippen molar-refractivity contribution in [1.29, 1.82) is 0 Å². The van der Waals surface area contributed by atoms with Gasteiger partial charge in [-0.05, 0) is 52.9 Å². The number of anilines is 1. The molecule has 4 rings (SSSR count). The number of rotatable bonds is 3. The van der Waals surface area contributed by atoms with Crippen LogP contribution in [0.2, 0.25) is 0 Å². The molecule has 1 aliphatic rings. The van der Waals surface area contributed by atoms with E-state index in [9.17, 15) is 0 Å². The molecule has 0 aliphatic carbocycles. The number of hydrogen-bond acceptors (Lipinski definition) is 3. The highest BCUT2D eigenvalue weighted by molar-refractivity contribution is 7.08. The van der Waals surface area contributed by atoms with Gasteiger partial charge in [-0.15, -0.1) is 0 Å². The molecule has 0 fully saturated rings. The van der Waals surface area contributed by atoms with Gasteiger partial charge in [-0.3, -0.25) is 0 Å². The van der Waals surface area contributed by atoms with E-state index in [4.69, 9.17) is 0 Å². The Labute approximate surface area is 140 Å².